The van der Waals surface area contributed by atoms with E-state index in [-0.39, 0.29) is 18.3 Å². The Labute approximate surface area is 121 Å². The number of rotatable bonds is 3. The van der Waals surface area contributed by atoms with Gasteiger partial charge in [-0.3, -0.25) is 0 Å². The van der Waals surface area contributed by atoms with Crippen molar-refractivity contribution in [3.63, 3.8) is 0 Å². The molecule has 0 spiro atoms. The highest BCUT2D eigenvalue weighted by Gasteiger charge is 2.49. The molecule has 108 valence electrons. The number of hydrogen-bond acceptors (Lipinski definition) is 4. The maximum absolute atomic E-state index is 5.92. The third-order valence-electron chi connectivity index (χ3n) is 3.91. The van der Waals surface area contributed by atoms with Crippen molar-refractivity contribution in [3.8, 4) is 0 Å². The van der Waals surface area contributed by atoms with Crippen LogP contribution in [0.25, 0.3) is 6.08 Å². The van der Waals surface area contributed by atoms with E-state index in [0.29, 0.717) is 0 Å². The Hall–Kier alpha value is -1.33. The van der Waals surface area contributed by atoms with E-state index in [4.69, 9.17) is 9.31 Å². The first kappa shape index (κ1) is 15.1. The molecular weight excluding hydrogens is 251 g/mol. The van der Waals surface area contributed by atoms with Crippen molar-refractivity contribution >= 4 is 19.0 Å². The van der Waals surface area contributed by atoms with Gasteiger partial charge in [-0.05, 0) is 45.9 Å². The Balaban J connectivity index is 2.10. The summed E-state index contributed by atoms with van der Waals surface area (Å²) in [4.78, 5) is 6.51. The Kier molecular flexibility index (Phi) is 3.94. The van der Waals surface area contributed by atoms with Gasteiger partial charge >= 0.3 is 7.12 Å². The average molecular weight is 274 g/mol. The van der Waals surface area contributed by atoms with E-state index in [1.807, 2.05) is 76.9 Å². The van der Waals surface area contributed by atoms with Gasteiger partial charge in [0.1, 0.15) is 5.82 Å². The second kappa shape index (κ2) is 5.22. The Morgan fingerprint density at radius 1 is 1.10 bits per heavy atom. The fourth-order valence-corrected chi connectivity index (χ4v) is 1.93. The average Bonchev–Trinajstić information content (AvgIpc) is 2.56. The van der Waals surface area contributed by atoms with E-state index in [1.54, 1.807) is 0 Å². The molecular formula is C15H23BN2O2. The summed E-state index contributed by atoms with van der Waals surface area (Å²) >= 11 is 0. The maximum Gasteiger partial charge on any atom is 0.487 e. The zero-order chi connectivity index (χ0) is 15.0. The molecule has 0 aromatic carbocycles. The predicted octanol–water partition coefficient (Wildman–Crippen LogP) is 2.79. The lowest BCUT2D eigenvalue weighted by Gasteiger charge is -2.32. The van der Waals surface area contributed by atoms with Gasteiger partial charge in [-0.2, -0.15) is 0 Å². The van der Waals surface area contributed by atoms with Crippen molar-refractivity contribution in [2.75, 3.05) is 19.0 Å². The van der Waals surface area contributed by atoms with Gasteiger partial charge in [-0.1, -0.05) is 12.0 Å². The standard InChI is InChI=1S/C15H23BN2O2/c1-14(2)15(3,4)20-16(19-14)11-10-12-8-7-9-13(17-12)18(5)6/h7-11H,1-6H3/b11-10+. The molecule has 0 aliphatic carbocycles. The maximum atomic E-state index is 5.92. The van der Waals surface area contributed by atoms with Gasteiger partial charge < -0.3 is 14.2 Å². The molecule has 20 heavy (non-hydrogen) atoms. The molecule has 2 rings (SSSR count). The summed E-state index contributed by atoms with van der Waals surface area (Å²) < 4.78 is 11.8. The molecule has 0 unspecified atom stereocenters. The van der Waals surface area contributed by atoms with Crippen LogP contribution in [-0.4, -0.2) is 37.4 Å². The predicted molar refractivity (Wildman–Crippen MR) is 83.7 cm³/mol. The summed E-state index contributed by atoms with van der Waals surface area (Å²) in [5.74, 6) is 2.85. The molecule has 0 atom stereocenters. The first-order valence-electron chi connectivity index (χ1n) is 6.89. The van der Waals surface area contributed by atoms with E-state index in [9.17, 15) is 0 Å². The van der Waals surface area contributed by atoms with Gasteiger partial charge in [0.25, 0.3) is 0 Å². The minimum absolute atomic E-state index is 0.305. The number of nitrogens with zero attached hydrogens (tertiary/aromatic N) is 2. The van der Waals surface area contributed by atoms with E-state index >= 15 is 0 Å². The van der Waals surface area contributed by atoms with Crippen molar-refractivity contribution < 1.29 is 9.31 Å². The van der Waals surface area contributed by atoms with Crippen molar-refractivity contribution in [1.29, 1.82) is 0 Å². The summed E-state index contributed by atoms with van der Waals surface area (Å²) in [5, 5.41) is 0. The summed E-state index contributed by atoms with van der Waals surface area (Å²) in [6, 6.07) is 5.94. The fraction of sp³-hybridized carbons (Fsp3) is 0.533. The fourth-order valence-electron chi connectivity index (χ4n) is 1.93. The Bertz CT molecular complexity index is 496. The highest BCUT2D eigenvalue weighted by molar-refractivity contribution is 6.52. The van der Waals surface area contributed by atoms with Crippen LogP contribution in [0.5, 0.6) is 0 Å². The molecule has 0 radical (unpaired) electrons. The lowest BCUT2D eigenvalue weighted by Crippen LogP contribution is -2.41. The van der Waals surface area contributed by atoms with Crippen LogP contribution >= 0.6 is 0 Å². The highest BCUT2D eigenvalue weighted by atomic mass is 16.7. The van der Waals surface area contributed by atoms with Crippen LogP contribution in [0.3, 0.4) is 0 Å². The van der Waals surface area contributed by atoms with Gasteiger partial charge in [-0.15, -0.1) is 0 Å². The molecule has 0 N–H and O–H groups in total. The number of anilines is 1. The summed E-state index contributed by atoms with van der Waals surface area (Å²) in [5.41, 5.74) is 0.285. The van der Waals surface area contributed by atoms with E-state index < -0.39 is 0 Å². The topological polar surface area (TPSA) is 34.6 Å². The zero-order valence-corrected chi connectivity index (χ0v) is 13.2. The molecule has 1 fully saturated rings. The molecule has 0 amide bonds. The zero-order valence-electron chi connectivity index (χ0n) is 13.2. The van der Waals surface area contributed by atoms with Crippen LogP contribution in [0.15, 0.2) is 24.2 Å². The monoisotopic (exact) mass is 274 g/mol. The quantitative estimate of drug-likeness (QED) is 0.794. The van der Waals surface area contributed by atoms with Crippen molar-refractivity contribution in [1.82, 2.24) is 4.98 Å². The number of hydrogen-bond donors (Lipinski definition) is 0. The largest absolute Gasteiger partial charge is 0.487 e. The molecule has 5 heteroatoms. The van der Waals surface area contributed by atoms with Crippen LogP contribution in [0.1, 0.15) is 33.4 Å². The molecule has 0 bridgehead atoms. The van der Waals surface area contributed by atoms with Gasteiger partial charge in [0, 0.05) is 14.1 Å². The van der Waals surface area contributed by atoms with E-state index in [0.717, 1.165) is 11.5 Å². The van der Waals surface area contributed by atoms with Crippen molar-refractivity contribution in [2.45, 2.75) is 38.9 Å². The SMILES string of the molecule is CN(C)c1cccc(/C=C/B2OC(C)(C)C(C)(C)O2)n1. The first-order valence-corrected chi connectivity index (χ1v) is 6.89. The summed E-state index contributed by atoms with van der Waals surface area (Å²) in [6.45, 7) is 8.19. The highest BCUT2D eigenvalue weighted by Crippen LogP contribution is 2.36. The van der Waals surface area contributed by atoms with Crippen LogP contribution in [-0.2, 0) is 9.31 Å². The molecule has 1 aromatic rings. The molecule has 1 saturated heterocycles. The Morgan fingerprint density at radius 3 is 2.25 bits per heavy atom. The molecule has 1 aliphatic rings. The lowest BCUT2D eigenvalue weighted by molar-refractivity contribution is 0.00578. The van der Waals surface area contributed by atoms with Gasteiger partial charge in [0.2, 0.25) is 0 Å². The van der Waals surface area contributed by atoms with Crippen LogP contribution in [0.4, 0.5) is 5.82 Å². The smallest absolute Gasteiger partial charge is 0.400 e. The molecule has 1 aromatic heterocycles. The van der Waals surface area contributed by atoms with Crippen LogP contribution < -0.4 is 4.90 Å². The van der Waals surface area contributed by atoms with E-state index in [2.05, 4.69) is 4.98 Å². The number of aromatic nitrogens is 1. The van der Waals surface area contributed by atoms with Gasteiger partial charge in [0.05, 0.1) is 16.9 Å². The lowest BCUT2D eigenvalue weighted by atomic mass is 9.89. The second-order valence-corrected chi connectivity index (χ2v) is 6.30. The molecule has 2 heterocycles. The molecule has 4 nitrogen and oxygen atoms in total. The van der Waals surface area contributed by atoms with Crippen LogP contribution in [0, 0.1) is 0 Å². The second-order valence-electron chi connectivity index (χ2n) is 6.30. The third kappa shape index (κ3) is 3.05. The molecule has 1 aliphatic heterocycles. The van der Waals surface area contributed by atoms with E-state index in [1.165, 1.54) is 0 Å². The normalized spacial score (nSPS) is 20.6. The van der Waals surface area contributed by atoms with Crippen molar-refractivity contribution in [3.05, 3.63) is 29.9 Å². The third-order valence-corrected chi connectivity index (χ3v) is 3.91. The number of pyridine rings is 1. The minimum atomic E-state index is -0.329. The van der Waals surface area contributed by atoms with Crippen LogP contribution in [0.2, 0.25) is 0 Å². The summed E-state index contributed by atoms with van der Waals surface area (Å²) in [6.07, 6.45) is 1.94. The van der Waals surface area contributed by atoms with Crippen molar-refractivity contribution in [2.24, 2.45) is 0 Å². The Morgan fingerprint density at radius 2 is 1.70 bits per heavy atom. The summed E-state index contributed by atoms with van der Waals surface area (Å²) in [7, 11) is 3.62. The molecule has 0 saturated carbocycles. The van der Waals surface area contributed by atoms with Gasteiger partial charge in [-0.25, -0.2) is 4.98 Å². The first-order chi connectivity index (χ1) is 9.21. The van der Waals surface area contributed by atoms with Gasteiger partial charge in [0.15, 0.2) is 0 Å². The minimum Gasteiger partial charge on any atom is -0.400 e.